The number of aliphatic hydroxyl groups excluding tert-OH is 1. The van der Waals surface area contributed by atoms with Gasteiger partial charge in [-0.15, -0.1) is 24.0 Å². The summed E-state index contributed by atoms with van der Waals surface area (Å²) in [7, 11) is 0. The molecule has 6 heteroatoms. The number of nitrogens with zero attached hydrogens (tertiary/aromatic N) is 2. The third-order valence-electron chi connectivity index (χ3n) is 6.18. The molecule has 6 atom stereocenters. The maximum absolute atomic E-state index is 9.99. The Morgan fingerprint density at radius 1 is 1.17 bits per heavy atom. The number of guanidine groups is 1. The molecular formula is C17H30IN3O2. The molecule has 23 heavy (non-hydrogen) atoms. The lowest BCUT2D eigenvalue weighted by atomic mass is 9.82. The highest BCUT2D eigenvalue weighted by Crippen LogP contribution is 2.47. The third kappa shape index (κ3) is 3.35. The van der Waals surface area contributed by atoms with Crippen molar-refractivity contribution in [1.82, 2.24) is 10.2 Å². The SMILES string of the molecule is CCNC(=NCC1CCCC1O)N1CC2C3CCC(O3)C2C1.I. The molecule has 3 heterocycles. The molecule has 132 valence electrons. The van der Waals surface area contributed by atoms with E-state index in [1.807, 2.05) is 0 Å². The molecular weight excluding hydrogens is 405 g/mol. The molecule has 3 aliphatic heterocycles. The molecule has 0 spiro atoms. The predicted octanol–water partition coefficient (Wildman–Crippen LogP) is 1.84. The maximum atomic E-state index is 9.99. The average Bonchev–Trinajstić information content (AvgIpc) is 3.25. The zero-order valence-corrected chi connectivity index (χ0v) is 16.3. The van der Waals surface area contributed by atoms with Crippen LogP contribution >= 0.6 is 24.0 Å². The molecule has 1 saturated carbocycles. The van der Waals surface area contributed by atoms with E-state index in [1.54, 1.807) is 0 Å². The van der Waals surface area contributed by atoms with E-state index in [9.17, 15) is 5.11 Å². The molecule has 3 saturated heterocycles. The number of hydrogen-bond donors (Lipinski definition) is 2. The number of ether oxygens (including phenoxy) is 1. The number of rotatable bonds is 3. The van der Waals surface area contributed by atoms with Crippen LogP contribution in [0.15, 0.2) is 4.99 Å². The van der Waals surface area contributed by atoms with E-state index in [4.69, 9.17) is 9.73 Å². The Balaban J connectivity index is 0.00000156. The highest BCUT2D eigenvalue weighted by Gasteiger charge is 2.53. The minimum atomic E-state index is -0.145. The van der Waals surface area contributed by atoms with Gasteiger partial charge in [-0.2, -0.15) is 0 Å². The first-order chi connectivity index (χ1) is 10.8. The van der Waals surface area contributed by atoms with Crippen LogP contribution in [-0.4, -0.2) is 60.5 Å². The first kappa shape index (κ1) is 17.7. The van der Waals surface area contributed by atoms with Crippen LogP contribution < -0.4 is 5.32 Å². The van der Waals surface area contributed by atoms with Gasteiger partial charge in [0.15, 0.2) is 5.96 Å². The number of hydrogen-bond acceptors (Lipinski definition) is 3. The smallest absolute Gasteiger partial charge is 0.193 e. The van der Waals surface area contributed by atoms with Crippen LogP contribution in [0.25, 0.3) is 0 Å². The monoisotopic (exact) mass is 435 g/mol. The molecule has 1 aliphatic carbocycles. The van der Waals surface area contributed by atoms with Crippen molar-refractivity contribution in [3.63, 3.8) is 0 Å². The third-order valence-corrected chi connectivity index (χ3v) is 6.18. The molecule has 5 nitrogen and oxygen atoms in total. The summed E-state index contributed by atoms with van der Waals surface area (Å²) in [5.74, 6) is 2.82. The zero-order valence-electron chi connectivity index (χ0n) is 14.0. The van der Waals surface area contributed by atoms with Gasteiger partial charge in [0.25, 0.3) is 0 Å². The first-order valence-corrected chi connectivity index (χ1v) is 9.13. The lowest BCUT2D eigenvalue weighted by Crippen LogP contribution is -2.41. The van der Waals surface area contributed by atoms with E-state index in [0.29, 0.717) is 30.0 Å². The largest absolute Gasteiger partial charge is 0.393 e. The van der Waals surface area contributed by atoms with Crippen molar-refractivity contribution in [1.29, 1.82) is 0 Å². The molecule has 4 fully saturated rings. The Labute approximate surface area is 156 Å². The fourth-order valence-corrected chi connectivity index (χ4v) is 4.99. The Morgan fingerprint density at radius 2 is 1.87 bits per heavy atom. The lowest BCUT2D eigenvalue weighted by Gasteiger charge is -2.24. The second-order valence-electron chi connectivity index (χ2n) is 7.48. The fourth-order valence-electron chi connectivity index (χ4n) is 4.99. The number of fused-ring (bicyclic) bond motifs is 5. The van der Waals surface area contributed by atoms with Crippen molar-refractivity contribution in [2.75, 3.05) is 26.2 Å². The van der Waals surface area contributed by atoms with Crippen LogP contribution in [0.4, 0.5) is 0 Å². The molecule has 0 aromatic carbocycles. The quantitative estimate of drug-likeness (QED) is 0.404. The lowest BCUT2D eigenvalue weighted by molar-refractivity contribution is 0.0767. The first-order valence-electron chi connectivity index (χ1n) is 9.13. The van der Waals surface area contributed by atoms with Crippen LogP contribution in [0.1, 0.15) is 39.0 Å². The molecule has 0 amide bonds. The van der Waals surface area contributed by atoms with Crippen molar-refractivity contribution in [2.45, 2.75) is 57.3 Å². The Kier molecular flexibility index (Phi) is 5.73. The summed E-state index contributed by atoms with van der Waals surface area (Å²) < 4.78 is 6.06. The van der Waals surface area contributed by atoms with Crippen molar-refractivity contribution >= 4 is 29.9 Å². The molecule has 2 N–H and O–H groups in total. The second-order valence-corrected chi connectivity index (χ2v) is 7.48. The van der Waals surface area contributed by atoms with Gasteiger partial charge in [0.05, 0.1) is 18.3 Å². The van der Waals surface area contributed by atoms with Crippen LogP contribution in [0.3, 0.4) is 0 Å². The molecule has 4 rings (SSSR count). The summed E-state index contributed by atoms with van der Waals surface area (Å²) in [5.41, 5.74) is 0. The van der Waals surface area contributed by atoms with Crippen LogP contribution in [-0.2, 0) is 4.74 Å². The van der Waals surface area contributed by atoms with E-state index in [0.717, 1.165) is 51.4 Å². The van der Waals surface area contributed by atoms with Gasteiger partial charge in [-0.3, -0.25) is 4.99 Å². The number of aliphatic imine (C=N–C) groups is 1. The van der Waals surface area contributed by atoms with Gasteiger partial charge in [-0.25, -0.2) is 0 Å². The predicted molar refractivity (Wildman–Crippen MR) is 101 cm³/mol. The molecule has 2 bridgehead atoms. The van der Waals surface area contributed by atoms with Gasteiger partial charge >= 0.3 is 0 Å². The molecule has 0 aromatic heterocycles. The van der Waals surface area contributed by atoms with Gasteiger partial charge in [0, 0.05) is 43.9 Å². The van der Waals surface area contributed by atoms with Gasteiger partial charge < -0.3 is 20.1 Å². The second kappa shape index (κ2) is 7.44. The summed E-state index contributed by atoms with van der Waals surface area (Å²) in [4.78, 5) is 7.29. The highest BCUT2D eigenvalue weighted by atomic mass is 127. The van der Waals surface area contributed by atoms with Crippen LogP contribution in [0.5, 0.6) is 0 Å². The molecule has 6 unspecified atom stereocenters. The maximum Gasteiger partial charge on any atom is 0.193 e. The molecule has 0 aromatic rings. The van der Waals surface area contributed by atoms with Crippen LogP contribution in [0, 0.1) is 17.8 Å². The van der Waals surface area contributed by atoms with Crippen LogP contribution in [0.2, 0.25) is 0 Å². The zero-order chi connectivity index (χ0) is 15.1. The highest BCUT2D eigenvalue weighted by molar-refractivity contribution is 14.0. The Bertz CT molecular complexity index is 430. The summed E-state index contributed by atoms with van der Waals surface area (Å²) in [5, 5.41) is 13.4. The van der Waals surface area contributed by atoms with E-state index in [2.05, 4.69) is 17.1 Å². The summed E-state index contributed by atoms with van der Waals surface area (Å²) in [6.45, 7) is 5.97. The van der Waals surface area contributed by atoms with Crippen molar-refractivity contribution < 1.29 is 9.84 Å². The number of halogens is 1. The molecule has 4 aliphatic rings. The fraction of sp³-hybridized carbons (Fsp3) is 0.941. The van der Waals surface area contributed by atoms with Gasteiger partial charge in [0.1, 0.15) is 0 Å². The van der Waals surface area contributed by atoms with Gasteiger partial charge in [0.2, 0.25) is 0 Å². The topological polar surface area (TPSA) is 57.1 Å². The van der Waals surface area contributed by atoms with Gasteiger partial charge in [-0.05, 0) is 32.6 Å². The van der Waals surface area contributed by atoms with Crippen molar-refractivity contribution in [3.05, 3.63) is 0 Å². The van der Waals surface area contributed by atoms with Gasteiger partial charge in [-0.1, -0.05) is 6.42 Å². The Hall–Kier alpha value is -0.0800. The van der Waals surface area contributed by atoms with E-state index >= 15 is 0 Å². The number of nitrogens with one attached hydrogen (secondary N) is 1. The Morgan fingerprint density at radius 3 is 2.43 bits per heavy atom. The summed E-state index contributed by atoms with van der Waals surface area (Å²) >= 11 is 0. The average molecular weight is 435 g/mol. The number of aliphatic hydroxyl groups is 1. The van der Waals surface area contributed by atoms with E-state index < -0.39 is 0 Å². The standard InChI is InChI=1S/C17H29N3O2.HI/c1-2-18-17(19-8-11-4-3-5-14(11)21)20-9-12-13(10-20)16-7-6-15(12)22-16;/h11-16,21H,2-10H2,1H3,(H,18,19);1H. The number of likely N-dealkylation sites (tertiary alicyclic amines) is 1. The summed E-state index contributed by atoms with van der Waals surface area (Å²) in [6, 6.07) is 0. The van der Waals surface area contributed by atoms with E-state index in [1.165, 1.54) is 12.8 Å². The normalized spacial score (nSPS) is 42.0. The van der Waals surface area contributed by atoms with E-state index in [-0.39, 0.29) is 30.1 Å². The summed E-state index contributed by atoms with van der Waals surface area (Å²) in [6.07, 6.45) is 6.57. The molecule has 0 radical (unpaired) electrons. The minimum absolute atomic E-state index is 0. The minimum Gasteiger partial charge on any atom is -0.393 e. The van der Waals surface area contributed by atoms with Crippen molar-refractivity contribution in [2.24, 2.45) is 22.7 Å². The van der Waals surface area contributed by atoms with Crippen molar-refractivity contribution in [3.8, 4) is 0 Å².